The zero-order valence-corrected chi connectivity index (χ0v) is 17.9. The quantitative estimate of drug-likeness (QED) is 0.681. The molecular formula is C21H23N3O6S. The molecule has 10 heteroatoms. The number of anilines is 1. The van der Waals surface area contributed by atoms with Crippen molar-refractivity contribution in [3.63, 3.8) is 0 Å². The SMILES string of the molecule is CCOC(=O)C1CCN(C(=O)Cc2csc(NC(=O)c3ccc4c(c3)OCO4)n2)CC1. The van der Waals surface area contributed by atoms with Gasteiger partial charge < -0.3 is 19.1 Å². The molecule has 2 aliphatic rings. The molecule has 1 fully saturated rings. The van der Waals surface area contributed by atoms with Gasteiger partial charge in [-0.3, -0.25) is 19.7 Å². The summed E-state index contributed by atoms with van der Waals surface area (Å²) in [5.74, 6) is 0.466. The van der Waals surface area contributed by atoms with Crippen LogP contribution >= 0.6 is 11.3 Å². The molecule has 31 heavy (non-hydrogen) atoms. The molecule has 4 rings (SSSR count). The van der Waals surface area contributed by atoms with Gasteiger partial charge >= 0.3 is 5.97 Å². The molecule has 0 radical (unpaired) electrons. The maximum absolute atomic E-state index is 12.6. The van der Waals surface area contributed by atoms with Gasteiger partial charge in [0, 0.05) is 24.0 Å². The smallest absolute Gasteiger partial charge is 0.309 e. The number of piperidine rings is 1. The Morgan fingerprint density at radius 1 is 1.23 bits per heavy atom. The van der Waals surface area contributed by atoms with Gasteiger partial charge in [-0.05, 0) is 38.0 Å². The summed E-state index contributed by atoms with van der Waals surface area (Å²) in [4.78, 5) is 43.0. The molecule has 0 spiro atoms. The van der Waals surface area contributed by atoms with E-state index in [0.717, 1.165) is 0 Å². The molecule has 164 valence electrons. The summed E-state index contributed by atoms with van der Waals surface area (Å²) in [6.07, 6.45) is 1.37. The average molecular weight is 445 g/mol. The fraction of sp³-hybridized carbons (Fsp3) is 0.429. The van der Waals surface area contributed by atoms with E-state index in [2.05, 4.69) is 10.3 Å². The minimum absolute atomic E-state index is 0.0405. The van der Waals surface area contributed by atoms with Crippen molar-refractivity contribution in [2.45, 2.75) is 26.2 Å². The topological polar surface area (TPSA) is 107 Å². The number of likely N-dealkylation sites (tertiary alicyclic amines) is 1. The fourth-order valence-corrected chi connectivity index (χ4v) is 4.25. The van der Waals surface area contributed by atoms with Crippen LogP contribution in [0.1, 0.15) is 35.8 Å². The van der Waals surface area contributed by atoms with E-state index in [1.54, 1.807) is 35.4 Å². The van der Waals surface area contributed by atoms with Crippen molar-refractivity contribution in [3.8, 4) is 11.5 Å². The minimum atomic E-state index is -0.313. The predicted octanol–water partition coefficient (Wildman–Crippen LogP) is 2.47. The number of ether oxygens (including phenoxy) is 3. The lowest BCUT2D eigenvalue weighted by molar-refractivity contribution is -0.151. The molecule has 2 amide bonds. The molecule has 2 aromatic rings. The molecule has 3 heterocycles. The third kappa shape index (κ3) is 4.96. The van der Waals surface area contributed by atoms with Crippen molar-refractivity contribution in [1.82, 2.24) is 9.88 Å². The monoisotopic (exact) mass is 445 g/mol. The first-order chi connectivity index (χ1) is 15.0. The van der Waals surface area contributed by atoms with E-state index in [9.17, 15) is 14.4 Å². The molecular weight excluding hydrogens is 422 g/mol. The Kier molecular flexibility index (Phi) is 6.36. The van der Waals surface area contributed by atoms with E-state index in [1.165, 1.54) is 11.3 Å². The number of benzene rings is 1. The fourth-order valence-electron chi connectivity index (χ4n) is 3.54. The number of thiazole rings is 1. The molecule has 1 aromatic carbocycles. The van der Waals surface area contributed by atoms with Gasteiger partial charge in [0.2, 0.25) is 12.7 Å². The number of carbonyl (C=O) groups excluding carboxylic acids is 3. The summed E-state index contributed by atoms with van der Waals surface area (Å²) in [6.45, 7) is 3.36. The molecule has 0 saturated carbocycles. The summed E-state index contributed by atoms with van der Waals surface area (Å²) in [5.41, 5.74) is 1.03. The first-order valence-electron chi connectivity index (χ1n) is 10.1. The maximum atomic E-state index is 12.6. The number of hydrogen-bond donors (Lipinski definition) is 1. The summed E-state index contributed by atoms with van der Waals surface area (Å²) >= 11 is 1.27. The maximum Gasteiger partial charge on any atom is 0.309 e. The molecule has 0 bridgehead atoms. The van der Waals surface area contributed by atoms with Crippen molar-refractivity contribution in [3.05, 3.63) is 34.8 Å². The van der Waals surface area contributed by atoms with Crippen LogP contribution in [0, 0.1) is 5.92 Å². The number of rotatable bonds is 6. The number of hydrogen-bond acceptors (Lipinski definition) is 8. The number of nitrogens with one attached hydrogen (secondary N) is 1. The molecule has 0 aliphatic carbocycles. The van der Waals surface area contributed by atoms with Crippen LogP contribution in [0.4, 0.5) is 5.13 Å². The van der Waals surface area contributed by atoms with Crippen molar-refractivity contribution < 1.29 is 28.6 Å². The molecule has 1 saturated heterocycles. The van der Waals surface area contributed by atoms with Crippen molar-refractivity contribution >= 4 is 34.3 Å². The van der Waals surface area contributed by atoms with Gasteiger partial charge in [-0.15, -0.1) is 11.3 Å². The Morgan fingerprint density at radius 2 is 2.00 bits per heavy atom. The Hall–Kier alpha value is -3.14. The summed E-state index contributed by atoms with van der Waals surface area (Å²) in [7, 11) is 0. The first-order valence-corrected chi connectivity index (χ1v) is 11.0. The van der Waals surface area contributed by atoms with Gasteiger partial charge in [0.25, 0.3) is 5.91 Å². The second-order valence-electron chi connectivity index (χ2n) is 7.25. The van der Waals surface area contributed by atoms with E-state index >= 15 is 0 Å². The van der Waals surface area contributed by atoms with Crippen LogP contribution in [0.5, 0.6) is 11.5 Å². The lowest BCUT2D eigenvalue weighted by atomic mass is 9.97. The molecule has 1 N–H and O–H groups in total. The summed E-state index contributed by atoms with van der Waals surface area (Å²) < 4.78 is 15.6. The Morgan fingerprint density at radius 3 is 2.77 bits per heavy atom. The lowest BCUT2D eigenvalue weighted by Crippen LogP contribution is -2.41. The Bertz CT molecular complexity index is 983. The van der Waals surface area contributed by atoms with Crippen LogP contribution in [0.3, 0.4) is 0 Å². The van der Waals surface area contributed by atoms with E-state index in [-0.39, 0.29) is 36.9 Å². The molecule has 9 nitrogen and oxygen atoms in total. The second kappa shape index (κ2) is 9.34. The molecule has 0 atom stereocenters. The third-order valence-electron chi connectivity index (χ3n) is 5.21. The van der Waals surface area contributed by atoms with Crippen LogP contribution in [-0.2, 0) is 20.7 Å². The molecule has 0 unspecified atom stereocenters. The van der Waals surface area contributed by atoms with Gasteiger partial charge in [-0.2, -0.15) is 0 Å². The summed E-state index contributed by atoms with van der Waals surface area (Å²) in [5, 5.41) is 4.93. The third-order valence-corrected chi connectivity index (χ3v) is 6.01. The highest BCUT2D eigenvalue weighted by Crippen LogP contribution is 2.32. The number of fused-ring (bicyclic) bond motifs is 1. The predicted molar refractivity (Wildman–Crippen MR) is 112 cm³/mol. The normalized spacial score (nSPS) is 15.6. The highest BCUT2D eigenvalue weighted by atomic mass is 32.1. The van der Waals surface area contributed by atoms with E-state index < -0.39 is 0 Å². The number of aromatic nitrogens is 1. The highest BCUT2D eigenvalue weighted by molar-refractivity contribution is 7.14. The summed E-state index contributed by atoms with van der Waals surface area (Å²) in [6, 6.07) is 4.96. The van der Waals surface area contributed by atoms with Crippen LogP contribution in [0.15, 0.2) is 23.6 Å². The van der Waals surface area contributed by atoms with Crippen LogP contribution in [-0.4, -0.2) is 54.2 Å². The molecule has 1 aromatic heterocycles. The van der Waals surface area contributed by atoms with Crippen LogP contribution < -0.4 is 14.8 Å². The average Bonchev–Trinajstić information content (AvgIpc) is 3.42. The van der Waals surface area contributed by atoms with Gasteiger partial charge in [0.05, 0.1) is 24.6 Å². The zero-order chi connectivity index (χ0) is 21.8. The van der Waals surface area contributed by atoms with Crippen LogP contribution in [0.2, 0.25) is 0 Å². The van der Waals surface area contributed by atoms with E-state index in [1.807, 2.05) is 0 Å². The lowest BCUT2D eigenvalue weighted by Gasteiger charge is -2.30. The number of carbonyl (C=O) groups is 3. The Balaban J connectivity index is 1.28. The molecule has 2 aliphatic heterocycles. The van der Waals surface area contributed by atoms with Crippen molar-refractivity contribution in [2.24, 2.45) is 5.92 Å². The highest BCUT2D eigenvalue weighted by Gasteiger charge is 2.28. The van der Waals surface area contributed by atoms with Gasteiger partial charge in [0.15, 0.2) is 16.6 Å². The van der Waals surface area contributed by atoms with Gasteiger partial charge in [-0.1, -0.05) is 0 Å². The largest absolute Gasteiger partial charge is 0.466 e. The van der Waals surface area contributed by atoms with E-state index in [4.69, 9.17) is 14.2 Å². The van der Waals surface area contributed by atoms with Crippen molar-refractivity contribution in [1.29, 1.82) is 0 Å². The standard InChI is InChI=1S/C21H23N3O6S/c1-2-28-20(27)13-5-7-24(8-6-13)18(25)10-15-11-31-21(22-15)23-19(26)14-3-4-16-17(9-14)30-12-29-16/h3-4,9,11,13H,2,5-8,10,12H2,1H3,(H,22,23,26). The number of amides is 2. The van der Waals surface area contributed by atoms with Gasteiger partial charge in [-0.25, -0.2) is 4.98 Å². The second-order valence-corrected chi connectivity index (χ2v) is 8.11. The van der Waals surface area contributed by atoms with Crippen molar-refractivity contribution in [2.75, 3.05) is 31.8 Å². The van der Waals surface area contributed by atoms with E-state index in [0.29, 0.717) is 60.4 Å². The number of esters is 1. The minimum Gasteiger partial charge on any atom is -0.466 e. The Labute approximate surface area is 183 Å². The number of nitrogens with zero attached hydrogens (tertiary/aromatic N) is 2. The van der Waals surface area contributed by atoms with Crippen LogP contribution in [0.25, 0.3) is 0 Å². The first kappa shape index (κ1) is 21.1. The zero-order valence-electron chi connectivity index (χ0n) is 17.1. The van der Waals surface area contributed by atoms with Gasteiger partial charge in [0.1, 0.15) is 0 Å².